The van der Waals surface area contributed by atoms with Gasteiger partial charge in [-0.3, -0.25) is 4.99 Å². The number of benzene rings is 1. The summed E-state index contributed by atoms with van der Waals surface area (Å²) < 4.78 is 40.8. The van der Waals surface area contributed by atoms with Crippen LogP contribution in [0.25, 0.3) is 0 Å². The number of guanidine groups is 1. The number of nitrogens with two attached hydrogens (primary N) is 1. The van der Waals surface area contributed by atoms with Crippen LogP contribution in [0.15, 0.2) is 58.5 Å². The number of carbonyl (C=O) groups excluding carboxylic acids is 1. The molecule has 4 unspecified atom stereocenters. The molecule has 0 bridgehead atoms. The largest absolute Gasteiger partial charge is 0.487 e. The predicted molar refractivity (Wildman–Crippen MR) is 180 cm³/mol. The Labute approximate surface area is 277 Å². The van der Waals surface area contributed by atoms with Gasteiger partial charge in [-0.15, -0.1) is 0 Å². The first-order chi connectivity index (χ1) is 22.2. The van der Waals surface area contributed by atoms with Gasteiger partial charge in [0.25, 0.3) is 10.0 Å². The normalized spacial score (nSPS) is 25.8. The van der Waals surface area contributed by atoms with E-state index in [1.165, 1.54) is 0 Å². The molecule has 1 aromatic carbocycles. The molecule has 1 fully saturated rings. The lowest BCUT2D eigenvalue weighted by Gasteiger charge is -2.24. The van der Waals surface area contributed by atoms with E-state index < -0.39 is 33.7 Å². The molecule has 1 saturated carbocycles. The fourth-order valence-electron chi connectivity index (χ4n) is 7.53. The predicted octanol–water partition coefficient (Wildman–Crippen LogP) is 4.61. The summed E-state index contributed by atoms with van der Waals surface area (Å²) in [5.74, 6) is 0.610. The number of carbonyl (C=O) groups is 2. The number of carboxylic acid groups (broad SMARTS) is 1. The Kier molecular flexibility index (Phi) is 9.91. The van der Waals surface area contributed by atoms with Gasteiger partial charge in [0.15, 0.2) is 0 Å². The third-order valence-electron chi connectivity index (χ3n) is 9.86. The Balaban J connectivity index is 1.10. The number of nitrogens with one attached hydrogen (secondary N) is 2. The number of amides is 1. The molecule has 1 aliphatic heterocycles. The number of alkyl carbamates (subject to hydrolysis) is 1. The van der Waals surface area contributed by atoms with E-state index in [0.29, 0.717) is 42.2 Å². The van der Waals surface area contributed by atoms with E-state index in [4.69, 9.17) is 15.2 Å². The number of nitrogens with zero attached hydrogens (tertiary/aromatic N) is 1. The monoisotopic (exact) mass is 666 g/mol. The lowest BCUT2D eigenvalue weighted by molar-refractivity contribution is -0.139. The van der Waals surface area contributed by atoms with Crippen molar-refractivity contribution in [3.63, 3.8) is 0 Å². The van der Waals surface area contributed by atoms with E-state index in [1.807, 2.05) is 32.9 Å². The second-order valence-electron chi connectivity index (χ2n) is 13.6. The van der Waals surface area contributed by atoms with Gasteiger partial charge in [0.2, 0.25) is 5.96 Å². The van der Waals surface area contributed by atoms with Crippen LogP contribution in [-0.4, -0.2) is 56.3 Å². The van der Waals surface area contributed by atoms with Crippen LogP contribution >= 0.6 is 0 Å². The molecule has 1 amide bonds. The maximum atomic E-state index is 13.4. The summed E-state index contributed by atoms with van der Waals surface area (Å²) >= 11 is 0. The summed E-state index contributed by atoms with van der Waals surface area (Å²) in [5, 5.41) is 12.2. The van der Waals surface area contributed by atoms with Gasteiger partial charge < -0.3 is 25.6 Å². The van der Waals surface area contributed by atoms with Gasteiger partial charge >= 0.3 is 12.1 Å². The number of fused-ring (bicyclic) bond motifs is 4. The minimum Gasteiger partial charge on any atom is -0.487 e. The molecule has 12 heteroatoms. The van der Waals surface area contributed by atoms with Crippen molar-refractivity contribution in [2.24, 2.45) is 40.3 Å². The third kappa shape index (κ3) is 7.27. The minimum atomic E-state index is -4.02. The second kappa shape index (κ2) is 13.6. The summed E-state index contributed by atoms with van der Waals surface area (Å²) in [6.07, 6.45) is 17.8. The third-order valence-corrected chi connectivity index (χ3v) is 11.5. The highest BCUT2D eigenvalue weighted by Crippen LogP contribution is 2.51. The van der Waals surface area contributed by atoms with Crippen molar-refractivity contribution in [1.82, 2.24) is 10.0 Å². The second-order valence-corrected chi connectivity index (χ2v) is 15.2. The van der Waals surface area contributed by atoms with E-state index in [2.05, 4.69) is 51.5 Å². The van der Waals surface area contributed by atoms with Gasteiger partial charge in [-0.05, 0) is 94.2 Å². The van der Waals surface area contributed by atoms with Crippen molar-refractivity contribution in [1.29, 1.82) is 0 Å². The van der Waals surface area contributed by atoms with Gasteiger partial charge in [-0.2, -0.15) is 0 Å². The first kappa shape index (κ1) is 34.3. The molecule has 5 atom stereocenters. The Morgan fingerprint density at radius 3 is 2.19 bits per heavy atom. The fourth-order valence-corrected chi connectivity index (χ4v) is 9.05. The van der Waals surface area contributed by atoms with Crippen molar-refractivity contribution < 1.29 is 32.6 Å². The lowest BCUT2D eigenvalue weighted by atomic mass is 9.83. The molecule has 1 heterocycles. The Morgan fingerprint density at radius 1 is 1.00 bits per heavy atom. The van der Waals surface area contributed by atoms with E-state index in [9.17, 15) is 23.1 Å². The number of allylic oxidation sites excluding steroid dienone is 8. The highest BCUT2D eigenvalue weighted by Gasteiger charge is 2.47. The Hall–Kier alpha value is -4.06. The first-order valence-corrected chi connectivity index (χ1v) is 17.7. The molecule has 0 aromatic heterocycles. The number of ether oxygens (including phenoxy) is 2. The number of unbranched alkanes of at least 4 members (excludes halogenated alkanes) is 1. The summed E-state index contributed by atoms with van der Waals surface area (Å²) in [5.41, 5.74) is 8.41. The summed E-state index contributed by atoms with van der Waals surface area (Å²) in [4.78, 5) is 28.9. The molecule has 0 spiro atoms. The average molecular weight is 667 g/mol. The SMILES string of the molecule is Cc1c(C)c(S(=O)(=O)NC(N)=NCCCC[C@@H](NC(=O)OCC2C3C=CC=CC3C3C=CC=CC32)C(=O)O)c(C)c2c1OC(C)(C)C2. The van der Waals surface area contributed by atoms with E-state index in [-0.39, 0.29) is 48.2 Å². The molecular weight excluding hydrogens is 620 g/mol. The van der Waals surface area contributed by atoms with E-state index in [0.717, 1.165) is 16.9 Å². The number of aliphatic carboxylic acids is 1. The first-order valence-electron chi connectivity index (χ1n) is 16.2. The van der Waals surface area contributed by atoms with E-state index >= 15 is 0 Å². The molecule has 254 valence electrons. The van der Waals surface area contributed by atoms with Crippen molar-refractivity contribution in [3.8, 4) is 5.75 Å². The summed E-state index contributed by atoms with van der Waals surface area (Å²) in [6.45, 7) is 9.67. The molecule has 0 saturated heterocycles. The molecule has 5 N–H and O–H groups in total. The number of hydrogen-bond acceptors (Lipinski definition) is 7. The van der Waals surface area contributed by atoms with Crippen molar-refractivity contribution in [2.75, 3.05) is 13.2 Å². The number of hydrogen-bond donors (Lipinski definition) is 4. The molecule has 0 radical (unpaired) electrons. The molecule has 3 aliphatic carbocycles. The lowest BCUT2D eigenvalue weighted by Crippen LogP contribution is -2.41. The fraction of sp³-hybridized carbons (Fsp3) is 0.514. The maximum Gasteiger partial charge on any atom is 0.407 e. The number of rotatable bonds is 11. The van der Waals surface area contributed by atoms with Gasteiger partial charge in [-0.25, -0.2) is 22.7 Å². The number of aliphatic imine (C=N–C) groups is 1. The highest BCUT2D eigenvalue weighted by molar-refractivity contribution is 7.90. The van der Waals surface area contributed by atoms with Crippen LogP contribution in [0, 0.1) is 50.4 Å². The molecule has 47 heavy (non-hydrogen) atoms. The zero-order chi connectivity index (χ0) is 34.1. The molecule has 5 rings (SSSR count). The van der Waals surface area contributed by atoms with Crippen molar-refractivity contribution in [2.45, 2.75) is 76.8 Å². The Morgan fingerprint density at radius 2 is 1.60 bits per heavy atom. The average Bonchev–Trinajstić information content (AvgIpc) is 3.51. The van der Waals surface area contributed by atoms with Gasteiger partial charge in [0.1, 0.15) is 17.4 Å². The van der Waals surface area contributed by atoms with E-state index in [1.54, 1.807) is 13.8 Å². The van der Waals surface area contributed by atoms with Crippen LogP contribution in [-0.2, 0) is 26.0 Å². The number of sulfonamides is 1. The maximum absolute atomic E-state index is 13.4. The van der Waals surface area contributed by atoms with Crippen LogP contribution in [0.5, 0.6) is 5.75 Å². The quantitative estimate of drug-likeness (QED) is 0.151. The summed E-state index contributed by atoms with van der Waals surface area (Å²) in [7, 11) is -4.02. The molecule has 4 aliphatic rings. The van der Waals surface area contributed by atoms with Crippen molar-refractivity contribution >= 4 is 28.0 Å². The topological polar surface area (TPSA) is 169 Å². The van der Waals surface area contributed by atoms with Crippen molar-refractivity contribution in [3.05, 3.63) is 70.9 Å². The standard InChI is InChI=1S/C35H46N4O7S/c1-20-21(2)31(22(3)27-18-35(4,5)46-30(20)27)47(43,44)39-33(36)37-17-11-10-16-29(32(40)41)38-34(42)45-19-28-25-14-8-6-12-23(25)24-13-7-9-15-26(24)28/h6-9,12-15,23-26,28-29H,10-11,16-19H2,1-5H3,(H,38,42)(H,40,41)(H3,36,37,39)/t23?,24?,25?,26?,28?,29-/m1/s1. The van der Waals surface area contributed by atoms with Gasteiger partial charge in [0, 0.05) is 24.4 Å². The van der Waals surface area contributed by atoms with Crippen LogP contribution in [0.3, 0.4) is 0 Å². The highest BCUT2D eigenvalue weighted by atomic mass is 32.2. The zero-order valence-electron chi connectivity index (χ0n) is 27.7. The van der Waals surface area contributed by atoms with Gasteiger partial charge in [-0.1, -0.05) is 48.6 Å². The van der Waals surface area contributed by atoms with Crippen LogP contribution in [0.2, 0.25) is 0 Å². The molecule has 1 aromatic rings. The minimum absolute atomic E-state index is 0.0999. The summed E-state index contributed by atoms with van der Waals surface area (Å²) in [6, 6.07) is -1.13. The van der Waals surface area contributed by atoms with Crippen LogP contribution < -0.4 is 20.5 Å². The molecule has 11 nitrogen and oxygen atoms in total. The molecular formula is C35H46N4O7S. The van der Waals surface area contributed by atoms with Gasteiger partial charge in [0.05, 0.1) is 11.5 Å². The zero-order valence-corrected chi connectivity index (χ0v) is 28.5. The Bertz CT molecular complexity index is 1640. The number of carboxylic acids is 1. The van der Waals surface area contributed by atoms with Crippen LogP contribution in [0.1, 0.15) is 55.4 Å². The smallest absolute Gasteiger partial charge is 0.407 e. The van der Waals surface area contributed by atoms with Crippen LogP contribution in [0.4, 0.5) is 4.79 Å².